The number of nitrogens with two attached hydrogens (primary N) is 1. The second-order valence-electron chi connectivity index (χ2n) is 4.46. The van der Waals surface area contributed by atoms with Crippen molar-refractivity contribution in [2.75, 3.05) is 18.9 Å². The first-order valence-corrected chi connectivity index (χ1v) is 6.09. The Bertz CT molecular complexity index is 518. The largest absolute Gasteiger partial charge is 0.381 e. The predicted molar refractivity (Wildman–Crippen MR) is 66.9 cm³/mol. The first-order chi connectivity index (χ1) is 8.86. The zero-order valence-electron chi connectivity index (χ0n) is 10.0. The number of pyridine rings is 1. The van der Waals surface area contributed by atoms with E-state index < -0.39 is 0 Å². The van der Waals surface area contributed by atoms with Gasteiger partial charge in [-0.05, 0) is 18.9 Å². The van der Waals surface area contributed by atoms with Gasteiger partial charge in [0.1, 0.15) is 0 Å². The van der Waals surface area contributed by atoms with E-state index >= 15 is 0 Å². The molecule has 5 heteroatoms. The Morgan fingerprint density at radius 2 is 2.33 bits per heavy atom. The first kappa shape index (κ1) is 11.2. The lowest BCUT2D eigenvalue weighted by Gasteiger charge is -2.20. The third kappa shape index (κ3) is 1.97. The normalized spacial score (nSPS) is 19.9. The summed E-state index contributed by atoms with van der Waals surface area (Å²) in [4.78, 5) is 4.11. The van der Waals surface area contributed by atoms with Gasteiger partial charge in [-0.15, -0.1) is 0 Å². The lowest BCUT2D eigenvalue weighted by atomic mass is 9.93. The van der Waals surface area contributed by atoms with Crippen molar-refractivity contribution in [1.82, 2.24) is 10.1 Å². The van der Waals surface area contributed by atoms with Crippen LogP contribution in [0.5, 0.6) is 0 Å². The molecule has 0 spiro atoms. The minimum atomic E-state index is 0.259. The highest BCUT2D eigenvalue weighted by Gasteiger charge is 2.25. The predicted octanol–water partition coefficient (Wildman–Crippen LogP) is 2.21. The Morgan fingerprint density at radius 1 is 1.39 bits per heavy atom. The van der Waals surface area contributed by atoms with Gasteiger partial charge in [-0.2, -0.15) is 0 Å². The number of ether oxygens (including phenoxy) is 1. The number of nitrogen functional groups attached to an aromatic ring is 1. The van der Waals surface area contributed by atoms with Crippen LogP contribution in [0.25, 0.3) is 11.1 Å². The minimum Gasteiger partial charge on any atom is -0.381 e. The molecule has 1 aliphatic rings. The molecular formula is C13H15N3O2. The molecule has 0 radical (unpaired) electrons. The second kappa shape index (κ2) is 4.78. The molecule has 1 saturated heterocycles. The summed E-state index contributed by atoms with van der Waals surface area (Å²) in [6.45, 7) is 1.51. The molecule has 2 aromatic rings. The maximum atomic E-state index is 5.88. The molecule has 1 atom stereocenters. The van der Waals surface area contributed by atoms with E-state index in [0.717, 1.165) is 36.3 Å². The summed E-state index contributed by atoms with van der Waals surface area (Å²) in [5.74, 6) is 0.610. The summed E-state index contributed by atoms with van der Waals surface area (Å²) in [7, 11) is 0. The molecule has 1 fully saturated rings. The van der Waals surface area contributed by atoms with Crippen LogP contribution in [-0.4, -0.2) is 23.4 Å². The van der Waals surface area contributed by atoms with Gasteiger partial charge in [0.25, 0.3) is 0 Å². The molecule has 2 N–H and O–H groups in total. The van der Waals surface area contributed by atoms with E-state index in [1.807, 2.05) is 12.1 Å². The van der Waals surface area contributed by atoms with Crippen molar-refractivity contribution in [2.24, 2.45) is 0 Å². The van der Waals surface area contributed by atoms with Gasteiger partial charge in [0, 0.05) is 30.5 Å². The summed E-state index contributed by atoms with van der Waals surface area (Å²) >= 11 is 0. The van der Waals surface area contributed by atoms with Gasteiger partial charge in [-0.25, -0.2) is 0 Å². The van der Waals surface area contributed by atoms with Crippen LogP contribution in [0.4, 0.5) is 5.88 Å². The standard InChI is InChI=1S/C13H15N3O2/c14-13-11(9-3-1-5-15-7-9)12(16-18-13)10-4-2-6-17-8-10/h1,3,5,7,10H,2,4,6,8,14H2. The van der Waals surface area contributed by atoms with Crippen LogP contribution in [0.3, 0.4) is 0 Å². The first-order valence-electron chi connectivity index (χ1n) is 6.09. The molecule has 3 rings (SSSR count). The molecule has 18 heavy (non-hydrogen) atoms. The lowest BCUT2D eigenvalue weighted by molar-refractivity contribution is 0.0785. The fraction of sp³-hybridized carbons (Fsp3) is 0.385. The summed E-state index contributed by atoms with van der Waals surface area (Å²) in [5, 5.41) is 4.11. The highest BCUT2D eigenvalue weighted by Crippen LogP contribution is 2.36. The number of rotatable bonds is 2. The fourth-order valence-electron chi connectivity index (χ4n) is 2.35. The average Bonchev–Trinajstić information content (AvgIpc) is 2.83. The molecule has 0 aliphatic carbocycles. The molecule has 0 amide bonds. The molecule has 0 bridgehead atoms. The van der Waals surface area contributed by atoms with Crippen LogP contribution in [-0.2, 0) is 4.74 Å². The molecule has 5 nitrogen and oxygen atoms in total. The van der Waals surface area contributed by atoms with Gasteiger partial charge in [-0.3, -0.25) is 4.98 Å². The highest BCUT2D eigenvalue weighted by molar-refractivity contribution is 5.74. The second-order valence-corrected chi connectivity index (χ2v) is 4.46. The maximum Gasteiger partial charge on any atom is 0.230 e. The minimum absolute atomic E-state index is 0.259. The monoisotopic (exact) mass is 245 g/mol. The number of anilines is 1. The van der Waals surface area contributed by atoms with E-state index in [0.29, 0.717) is 12.5 Å². The smallest absolute Gasteiger partial charge is 0.230 e. The molecule has 0 aromatic carbocycles. The average molecular weight is 245 g/mol. The van der Waals surface area contributed by atoms with Crippen molar-refractivity contribution in [3.8, 4) is 11.1 Å². The lowest BCUT2D eigenvalue weighted by Crippen LogP contribution is -2.16. The Labute approximate surface area is 105 Å². The van der Waals surface area contributed by atoms with E-state index in [2.05, 4.69) is 10.1 Å². The Balaban J connectivity index is 2.01. The molecule has 2 aromatic heterocycles. The number of hydrogen-bond donors (Lipinski definition) is 1. The highest BCUT2D eigenvalue weighted by atomic mass is 16.5. The molecule has 0 saturated carbocycles. The zero-order chi connectivity index (χ0) is 12.4. The van der Waals surface area contributed by atoms with Crippen molar-refractivity contribution in [2.45, 2.75) is 18.8 Å². The third-order valence-electron chi connectivity index (χ3n) is 3.24. The fourth-order valence-corrected chi connectivity index (χ4v) is 2.35. The van der Waals surface area contributed by atoms with Gasteiger partial charge < -0.3 is 15.0 Å². The van der Waals surface area contributed by atoms with Crippen molar-refractivity contribution in [3.63, 3.8) is 0 Å². The SMILES string of the molecule is Nc1onc(C2CCCOC2)c1-c1cccnc1. The molecule has 1 aliphatic heterocycles. The van der Waals surface area contributed by atoms with Crippen molar-refractivity contribution >= 4 is 5.88 Å². The van der Waals surface area contributed by atoms with Gasteiger partial charge >= 0.3 is 0 Å². The van der Waals surface area contributed by atoms with Crippen LogP contribution < -0.4 is 5.73 Å². The van der Waals surface area contributed by atoms with E-state index in [9.17, 15) is 0 Å². The summed E-state index contributed by atoms with van der Waals surface area (Å²) < 4.78 is 10.6. The maximum absolute atomic E-state index is 5.88. The van der Waals surface area contributed by atoms with Crippen LogP contribution in [0.2, 0.25) is 0 Å². The van der Waals surface area contributed by atoms with Crippen molar-refractivity contribution < 1.29 is 9.26 Å². The topological polar surface area (TPSA) is 74.2 Å². The van der Waals surface area contributed by atoms with Crippen molar-refractivity contribution in [3.05, 3.63) is 30.2 Å². The third-order valence-corrected chi connectivity index (χ3v) is 3.24. The van der Waals surface area contributed by atoms with Gasteiger partial charge in [-0.1, -0.05) is 11.2 Å². The van der Waals surface area contributed by atoms with Gasteiger partial charge in [0.2, 0.25) is 5.88 Å². The van der Waals surface area contributed by atoms with Gasteiger partial charge in [0.05, 0.1) is 17.9 Å². The zero-order valence-corrected chi connectivity index (χ0v) is 10.0. The Hall–Kier alpha value is -1.88. The number of nitrogens with zero attached hydrogens (tertiary/aromatic N) is 2. The van der Waals surface area contributed by atoms with Crippen LogP contribution in [0, 0.1) is 0 Å². The van der Waals surface area contributed by atoms with E-state index in [4.69, 9.17) is 15.0 Å². The van der Waals surface area contributed by atoms with E-state index in [-0.39, 0.29) is 5.92 Å². The van der Waals surface area contributed by atoms with Crippen molar-refractivity contribution in [1.29, 1.82) is 0 Å². The number of hydrogen-bond acceptors (Lipinski definition) is 5. The van der Waals surface area contributed by atoms with Crippen LogP contribution in [0.1, 0.15) is 24.5 Å². The molecule has 1 unspecified atom stereocenters. The molecule has 94 valence electrons. The summed E-state index contributed by atoms with van der Waals surface area (Å²) in [5.41, 5.74) is 8.57. The van der Waals surface area contributed by atoms with E-state index in [1.54, 1.807) is 12.4 Å². The Kier molecular flexibility index (Phi) is 2.98. The summed E-state index contributed by atoms with van der Waals surface area (Å²) in [6, 6.07) is 3.84. The Morgan fingerprint density at radius 3 is 3.06 bits per heavy atom. The van der Waals surface area contributed by atoms with Gasteiger partial charge in [0.15, 0.2) is 0 Å². The van der Waals surface area contributed by atoms with Crippen LogP contribution >= 0.6 is 0 Å². The molecule has 3 heterocycles. The quantitative estimate of drug-likeness (QED) is 0.878. The summed E-state index contributed by atoms with van der Waals surface area (Å²) in [6.07, 6.45) is 5.61. The van der Waals surface area contributed by atoms with Crippen LogP contribution in [0.15, 0.2) is 29.0 Å². The molecular weight excluding hydrogens is 230 g/mol. The van der Waals surface area contributed by atoms with E-state index in [1.165, 1.54) is 0 Å². The number of aromatic nitrogens is 2.